The summed E-state index contributed by atoms with van der Waals surface area (Å²) < 4.78 is 22.4. The van der Waals surface area contributed by atoms with Crippen LogP contribution in [-0.4, -0.2) is 48.2 Å². The Balaban J connectivity index is 1.30. The maximum atomic E-state index is 12.6. The van der Waals surface area contributed by atoms with Gasteiger partial charge in [0.05, 0.1) is 25.0 Å². The summed E-state index contributed by atoms with van der Waals surface area (Å²) in [5.41, 5.74) is 0.928. The van der Waals surface area contributed by atoms with Gasteiger partial charge in [-0.1, -0.05) is 12.1 Å². The number of rotatable bonds is 8. The number of amides is 1. The van der Waals surface area contributed by atoms with E-state index in [0.29, 0.717) is 22.4 Å². The summed E-state index contributed by atoms with van der Waals surface area (Å²) in [6, 6.07) is 10.7. The molecule has 0 bridgehead atoms. The zero-order valence-electron chi connectivity index (χ0n) is 18.4. The minimum Gasteiger partial charge on any atom is -0.493 e. The second-order valence-electron chi connectivity index (χ2n) is 7.76. The summed E-state index contributed by atoms with van der Waals surface area (Å²) in [5, 5.41) is 5.32. The maximum Gasteiger partial charge on any atom is 0.293 e. The van der Waals surface area contributed by atoms with Crippen LogP contribution in [0.2, 0.25) is 0 Å². The molecular weight excluding hydrogens is 430 g/mol. The van der Waals surface area contributed by atoms with Gasteiger partial charge in [0.25, 0.3) is 5.91 Å². The summed E-state index contributed by atoms with van der Waals surface area (Å²) in [4.78, 5) is 19.4. The zero-order chi connectivity index (χ0) is 22.5. The van der Waals surface area contributed by atoms with E-state index >= 15 is 0 Å². The number of furan rings is 1. The predicted molar refractivity (Wildman–Crippen MR) is 121 cm³/mol. The molecule has 0 spiro atoms. The van der Waals surface area contributed by atoms with Gasteiger partial charge in [-0.15, -0.1) is 11.3 Å². The fourth-order valence-corrected chi connectivity index (χ4v) is 4.40. The first-order valence-electron chi connectivity index (χ1n) is 10.5. The number of carbonyl (C=O) groups is 1. The Morgan fingerprint density at radius 3 is 2.69 bits per heavy atom. The smallest absolute Gasteiger partial charge is 0.293 e. The molecule has 3 aromatic rings. The Morgan fingerprint density at radius 2 is 1.94 bits per heavy atom. The number of aromatic nitrogens is 1. The lowest BCUT2D eigenvalue weighted by molar-refractivity contribution is -0.0707. The molecule has 2 unspecified atom stereocenters. The third-order valence-corrected chi connectivity index (χ3v) is 5.78. The molecule has 32 heavy (non-hydrogen) atoms. The number of benzene rings is 1. The molecule has 1 amide bonds. The van der Waals surface area contributed by atoms with Crippen LogP contribution in [0.3, 0.4) is 0 Å². The van der Waals surface area contributed by atoms with Gasteiger partial charge in [0.15, 0.2) is 22.4 Å². The van der Waals surface area contributed by atoms with Crippen molar-refractivity contribution < 1.29 is 23.4 Å². The van der Waals surface area contributed by atoms with E-state index in [9.17, 15) is 4.79 Å². The number of anilines is 1. The maximum absolute atomic E-state index is 12.6. The largest absolute Gasteiger partial charge is 0.493 e. The van der Waals surface area contributed by atoms with Crippen LogP contribution >= 0.6 is 11.3 Å². The fraction of sp³-hybridized carbons (Fsp3) is 0.391. The van der Waals surface area contributed by atoms with Gasteiger partial charge in [-0.3, -0.25) is 15.0 Å². The van der Waals surface area contributed by atoms with E-state index in [0.717, 1.165) is 25.3 Å². The Labute approximate surface area is 191 Å². The standard InChI is InChI=1S/C23H27N3O5S/c1-15-10-26(11-16(2)30-15)12-17-14-32-23(24-17)25-22(27)21-9-8-18(31-21)13-29-20-7-5-4-6-19(20)28-3/h4-9,14-16H,10-13H2,1-3H3,(H,24,25,27). The van der Waals surface area contributed by atoms with Crippen molar-refractivity contribution in [3.8, 4) is 11.5 Å². The summed E-state index contributed by atoms with van der Waals surface area (Å²) in [6.07, 6.45) is 0.410. The highest BCUT2D eigenvalue weighted by molar-refractivity contribution is 7.13. The van der Waals surface area contributed by atoms with Gasteiger partial charge in [-0.05, 0) is 38.1 Å². The van der Waals surface area contributed by atoms with Gasteiger partial charge in [-0.25, -0.2) is 4.98 Å². The molecule has 2 atom stereocenters. The molecule has 1 aromatic carbocycles. The average Bonchev–Trinajstić information content (AvgIpc) is 3.41. The number of ether oxygens (including phenoxy) is 3. The Kier molecular flexibility index (Phi) is 7.09. The van der Waals surface area contributed by atoms with Gasteiger partial charge in [0.1, 0.15) is 12.4 Å². The number of hydrogen-bond acceptors (Lipinski definition) is 8. The van der Waals surface area contributed by atoms with E-state index in [1.165, 1.54) is 11.3 Å². The number of nitrogens with zero attached hydrogens (tertiary/aromatic N) is 2. The van der Waals surface area contributed by atoms with Crippen molar-refractivity contribution >= 4 is 22.4 Å². The van der Waals surface area contributed by atoms with Crippen LogP contribution in [0.1, 0.15) is 35.9 Å². The number of hydrogen-bond donors (Lipinski definition) is 1. The van der Waals surface area contributed by atoms with Crippen LogP contribution in [-0.2, 0) is 17.9 Å². The molecule has 9 heteroatoms. The Morgan fingerprint density at radius 1 is 1.19 bits per heavy atom. The normalized spacial score (nSPS) is 19.0. The van der Waals surface area contributed by atoms with E-state index in [2.05, 4.69) is 29.0 Å². The third-order valence-electron chi connectivity index (χ3n) is 4.98. The number of thiazole rings is 1. The lowest BCUT2D eigenvalue weighted by atomic mass is 10.2. The predicted octanol–water partition coefficient (Wildman–Crippen LogP) is 4.19. The number of para-hydroxylation sites is 2. The molecule has 0 aliphatic carbocycles. The van der Waals surface area contributed by atoms with E-state index in [4.69, 9.17) is 18.6 Å². The monoisotopic (exact) mass is 457 g/mol. The molecule has 1 aliphatic heterocycles. The molecule has 0 saturated carbocycles. The third kappa shape index (κ3) is 5.67. The summed E-state index contributed by atoms with van der Waals surface area (Å²) >= 11 is 1.40. The zero-order valence-corrected chi connectivity index (χ0v) is 19.2. The van der Waals surface area contributed by atoms with E-state index < -0.39 is 0 Å². The van der Waals surface area contributed by atoms with Crippen molar-refractivity contribution in [2.45, 2.75) is 39.2 Å². The number of carbonyl (C=O) groups excluding carboxylic acids is 1. The highest BCUT2D eigenvalue weighted by atomic mass is 32.1. The Bertz CT molecular complexity index is 1040. The molecule has 1 aliphatic rings. The van der Waals surface area contributed by atoms with Gasteiger partial charge in [0, 0.05) is 25.0 Å². The minimum absolute atomic E-state index is 0.186. The Hall–Kier alpha value is -2.88. The van der Waals surface area contributed by atoms with E-state index in [-0.39, 0.29) is 30.5 Å². The number of morpholine rings is 1. The highest BCUT2D eigenvalue weighted by Crippen LogP contribution is 2.27. The number of nitrogens with one attached hydrogen (secondary N) is 1. The van der Waals surface area contributed by atoms with Crippen molar-refractivity contribution in [2.24, 2.45) is 0 Å². The number of methoxy groups -OCH3 is 1. The molecular formula is C23H27N3O5S. The first-order valence-corrected chi connectivity index (χ1v) is 11.4. The fourth-order valence-electron chi connectivity index (χ4n) is 3.70. The van der Waals surface area contributed by atoms with E-state index in [1.54, 1.807) is 19.2 Å². The van der Waals surface area contributed by atoms with Gasteiger partial charge >= 0.3 is 0 Å². The summed E-state index contributed by atoms with van der Waals surface area (Å²) in [7, 11) is 1.59. The quantitative estimate of drug-likeness (QED) is 0.543. The molecule has 4 rings (SSSR count). The first kappa shape index (κ1) is 22.3. The SMILES string of the molecule is COc1ccccc1OCc1ccc(C(=O)Nc2nc(CN3CC(C)OC(C)C3)cs2)o1. The molecule has 1 N–H and O–H groups in total. The van der Waals surface area contributed by atoms with Crippen molar-refractivity contribution in [2.75, 3.05) is 25.5 Å². The lowest BCUT2D eigenvalue weighted by Crippen LogP contribution is -2.44. The molecule has 1 fully saturated rings. The van der Waals surface area contributed by atoms with Crippen LogP contribution in [0.15, 0.2) is 46.2 Å². The second kappa shape index (κ2) is 10.2. The van der Waals surface area contributed by atoms with Crippen molar-refractivity contribution in [3.63, 3.8) is 0 Å². The van der Waals surface area contributed by atoms with Gasteiger partial charge in [0.2, 0.25) is 0 Å². The minimum atomic E-state index is -0.344. The van der Waals surface area contributed by atoms with E-state index in [1.807, 2.05) is 29.6 Å². The van der Waals surface area contributed by atoms with Crippen LogP contribution in [0.25, 0.3) is 0 Å². The van der Waals surface area contributed by atoms with Crippen molar-refractivity contribution in [1.82, 2.24) is 9.88 Å². The van der Waals surface area contributed by atoms with Crippen LogP contribution in [0.4, 0.5) is 5.13 Å². The first-order chi connectivity index (χ1) is 15.5. The average molecular weight is 458 g/mol. The van der Waals surface area contributed by atoms with Crippen LogP contribution in [0, 0.1) is 0 Å². The van der Waals surface area contributed by atoms with Crippen LogP contribution < -0.4 is 14.8 Å². The second-order valence-corrected chi connectivity index (χ2v) is 8.61. The summed E-state index contributed by atoms with van der Waals surface area (Å²) in [5.74, 6) is 1.64. The summed E-state index contributed by atoms with van der Waals surface area (Å²) in [6.45, 7) is 6.81. The topological polar surface area (TPSA) is 86.1 Å². The molecule has 1 saturated heterocycles. The lowest BCUT2D eigenvalue weighted by Gasteiger charge is -2.34. The molecule has 0 radical (unpaired) electrons. The van der Waals surface area contributed by atoms with Crippen molar-refractivity contribution in [3.05, 3.63) is 59.0 Å². The van der Waals surface area contributed by atoms with Crippen molar-refractivity contribution in [1.29, 1.82) is 0 Å². The molecule has 3 heterocycles. The molecule has 8 nitrogen and oxygen atoms in total. The van der Waals surface area contributed by atoms with Crippen LogP contribution in [0.5, 0.6) is 11.5 Å². The molecule has 170 valence electrons. The molecule has 2 aromatic heterocycles. The van der Waals surface area contributed by atoms with Gasteiger partial charge in [-0.2, -0.15) is 0 Å². The van der Waals surface area contributed by atoms with Gasteiger partial charge < -0.3 is 18.6 Å². The highest BCUT2D eigenvalue weighted by Gasteiger charge is 2.23.